The van der Waals surface area contributed by atoms with Crippen LogP contribution in [0.4, 0.5) is 0 Å². The van der Waals surface area contributed by atoms with E-state index in [0.717, 1.165) is 0 Å². The highest BCUT2D eigenvalue weighted by molar-refractivity contribution is 3.63. The summed E-state index contributed by atoms with van der Waals surface area (Å²) in [5, 5.41) is 0. The average Bonchev–Trinajstić information content (AvgIpc) is 1.00. The van der Waals surface area contributed by atoms with Gasteiger partial charge in [-0.05, 0) is 0 Å². The summed E-state index contributed by atoms with van der Waals surface area (Å²) in [7, 11) is 0. The quantitative estimate of drug-likeness (QED) is 0.442. The third-order valence-electron chi connectivity index (χ3n) is 0. The lowest BCUT2D eigenvalue weighted by atomic mass is 12.0. The minimum atomic E-state index is 0. The topological polar surface area (TPSA) is 40.9 Å². The molecular formula is C16H65NO. The fraction of sp³-hybridized carbons (Fsp3) is 1.00. The van der Waals surface area contributed by atoms with Crippen molar-refractivity contribution in [1.29, 1.82) is 5.59 Å². The van der Waals surface area contributed by atoms with E-state index in [9.17, 15) is 0 Å². The smallest absolute Gasteiger partial charge is 0.0776 e. The van der Waals surface area contributed by atoms with Gasteiger partial charge in [0.15, 0.2) is 0 Å². The van der Waals surface area contributed by atoms with E-state index >= 15 is 0 Å². The standard InChI is InChI=1S/16CH4.HNO/c;;;;;;;;;;;;;;;;1-2/h16*1H4;1H. The highest BCUT2D eigenvalue weighted by Gasteiger charge is 0.589. The van der Waals surface area contributed by atoms with Crippen LogP contribution in [0.3, 0.4) is 0 Å². The predicted octanol–water partition coefficient (Wildman–Crippen LogP) is 10.5. The van der Waals surface area contributed by atoms with Gasteiger partial charge in [0.05, 0.1) is 0 Å². The summed E-state index contributed by atoms with van der Waals surface area (Å²) in [5.41, 5.74) is 4.50. The number of nitroso groups, excluding NO2 is 1. The van der Waals surface area contributed by atoms with Crippen LogP contribution in [0.25, 0.3) is 0 Å². The van der Waals surface area contributed by atoms with Crippen molar-refractivity contribution in [2.75, 3.05) is 0 Å². The second-order valence-corrected chi connectivity index (χ2v) is 0. The fourth-order valence-electron chi connectivity index (χ4n) is 0. The maximum absolute atomic E-state index is 7.50. The molecule has 0 aromatic rings. The molecule has 0 aliphatic heterocycles. The van der Waals surface area contributed by atoms with Gasteiger partial charge in [-0.2, -0.15) is 4.91 Å². The van der Waals surface area contributed by atoms with E-state index in [2.05, 4.69) is 5.59 Å². The highest BCUT2D eigenvalue weighted by Crippen LogP contribution is 0.766. The summed E-state index contributed by atoms with van der Waals surface area (Å²) in [6, 6.07) is 0. The van der Waals surface area contributed by atoms with Gasteiger partial charge in [-0.3, -0.25) is 0 Å². The Bertz CT molecular complexity index is 11.1. The lowest BCUT2D eigenvalue weighted by molar-refractivity contribution is 1.49. The fourth-order valence-corrected chi connectivity index (χ4v) is 0. The second-order valence-electron chi connectivity index (χ2n) is 0. The zero-order chi connectivity index (χ0) is 2.00. The monoisotopic (exact) mass is 288 g/mol. The van der Waals surface area contributed by atoms with Crippen molar-refractivity contribution in [2.24, 2.45) is 0 Å². The number of rotatable bonds is 0. The van der Waals surface area contributed by atoms with Crippen LogP contribution in [0, 0.1) is 10.5 Å². The van der Waals surface area contributed by atoms with E-state index < -0.39 is 0 Å². The van der Waals surface area contributed by atoms with Gasteiger partial charge in [0.25, 0.3) is 0 Å². The van der Waals surface area contributed by atoms with Gasteiger partial charge in [-0.25, -0.2) is 0 Å². The van der Waals surface area contributed by atoms with Crippen LogP contribution in [-0.4, -0.2) is 0 Å². The molecule has 2 nitrogen and oxygen atoms in total. The molecule has 0 aliphatic rings. The van der Waals surface area contributed by atoms with E-state index in [4.69, 9.17) is 4.91 Å². The van der Waals surface area contributed by atoms with E-state index in [1.165, 1.54) is 0 Å². The number of hydrogen-bond acceptors (Lipinski definition) is 2. The summed E-state index contributed by atoms with van der Waals surface area (Å²) in [5.74, 6) is 0. The molecule has 0 heterocycles. The normalized spacial score (nSPS) is 0.222. The molecule has 0 atom stereocenters. The largest absolute Gasteiger partial charge is 0.154 e. The Morgan fingerprint density at radius 2 is 0.222 bits per heavy atom. The summed E-state index contributed by atoms with van der Waals surface area (Å²) in [4.78, 5) is 7.50. The first-order valence-corrected chi connectivity index (χ1v) is 0.204. The molecule has 1 N–H and O–H groups in total. The molecule has 0 amide bonds. The Balaban J connectivity index is -0.0000000000417. The van der Waals surface area contributed by atoms with Gasteiger partial charge in [0.1, 0.15) is 0 Å². The molecule has 0 aromatic heterocycles. The van der Waals surface area contributed by atoms with Crippen molar-refractivity contribution < 1.29 is 0 Å². The van der Waals surface area contributed by atoms with Crippen LogP contribution >= 0.6 is 0 Å². The minimum absolute atomic E-state index is 0. The first-order valence-electron chi connectivity index (χ1n) is 0.204. The number of hydrogen-bond donors (Lipinski definition) is 1. The summed E-state index contributed by atoms with van der Waals surface area (Å²) in [6.07, 6.45) is 0. The van der Waals surface area contributed by atoms with Crippen LogP contribution < -0.4 is 0 Å². The maximum atomic E-state index is 7.50. The van der Waals surface area contributed by atoms with Crippen LogP contribution in [0.5, 0.6) is 0 Å². The minimum Gasteiger partial charge on any atom is -0.154 e. The molecule has 0 aliphatic carbocycles. The highest BCUT2D eigenvalue weighted by atomic mass is 16.2. The van der Waals surface area contributed by atoms with E-state index in [0.29, 0.717) is 0 Å². The third kappa shape index (κ3) is 20800. The van der Waals surface area contributed by atoms with Gasteiger partial charge >= 0.3 is 0 Å². The van der Waals surface area contributed by atoms with Gasteiger partial charge in [0, 0.05) is 0 Å². The van der Waals surface area contributed by atoms with Gasteiger partial charge in [0.2, 0.25) is 0 Å². The summed E-state index contributed by atoms with van der Waals surface area (Å²) >= 11 is 0. The Labute approximate surface area is 130 Å². The Hall–Kier alpha value is -0.400. The van der Waals surface area contributed by atoms with Crippen molar-refractivity contribution in [3.05, 3.63) is 4.91 Å². The van der Waals surface area contributed by atoms with Crippen LogP contribution in [0.15, 0.2) is 0 Å². The van der Waals surface area contributed by atoms with Crippen molar-refractivity contribution in [3.63, 3.8) is 0 Å². The van der Waals surface area contributed by atoms with Crippen molar-refractivity contribution in [2.45, 2.75) is 119 Å². The van der Waals surface area contributed by atoms with Gasteiger partial charge in [-0.15, -0.1) is 0 Å². The first kappa shape index (κ1) is 13500. The van der Waals surface area contributed by atoms with Crippen molar-refractivity contribution in [1.82, 2.24) is 0 Å². The predicted molar refractivity (Wildman–Crippen MR) is 114 cm³/mol. The SMILES string of the molecule is C.C.C.C.C.C.C.C.C.C.C.C.C.C.C.C.N=O. The van der Waals surface area contributed by atoms with E-state index in [1.807, 2.05) is 0 Å². The number of nitrogens with one attached hydrogen (secondary N) is 1. The van der Waals surface area contributed by atoms with Gasteiger partial charge in [-0.1, -0.05) is 124 Å². The lowest BCUT2D eigenvalue weighted by Crippen LogP contribution is -0.649. The molecule has 0 spiro atoms. The molecule has 0 aromatic carbocycles. The summed E-state index contributed by atoms with van der Waals surface area (Å²) in [6.45, 7) is 0. The molecule has 2 heteroatoms. The van der Waals surface area contributed by atoms with E-state index in [-0.39, 0.29) is 119 Å². The summed E-state index contributed by atoms with van der Waals surface area (Å²) < 4.78 is 0. The molecule has 0 bridgehead atoms. The average molecular weight is 288 g/mol. The Kier molecular flexibility index (Phi) is 18900000. The molecule has 18 heavy (non-hydrogen) atoms. The molecule has 0 saturated heterocycles. The van der Waals surface area contributed by atoms with Crippen LogP contribution in [-0.2, 0) is 0 Å². The van der Waals surface area contributed by atoms with E-state index in [1.54, 1.807) is 0 Å². The van der Waals surface area contributed by atoms with Crippen LogP contribution in [0.2, 0.25) is 0 Å². The van der Waals surface area contributed by atoms with Crippen molar-refractivity contribution in [3.8, 4) is 0 Å². The molecule has 0 rings (SSSR count). The molecular weight excluding hydrogens is 222 g/mol. The van der Waals surface area contributed by atoms with Gasteiger partial charge < -0.3 is 0 Å². The van der Waals surface area contributed by atoms with Crippen LogP contribution in [0.1, 0.15) is 119 Å². The molecule has 0 saturated carbocycles. The maximum Gasteiger partial charge on any atom is -0.0776 e. The molecule has 0 radical (unpaired) electrons. The zero-order valence-electron chi connectivity index (χ0n) is 0.908. The Morgan fingerprint density at radius 1 is 0.222 bits per heavy atom. The Morgan fingerprint density at radius 3 is 0.222 bits per heavy atom. The second kappa shape index (κ2) is 25200. The molecule has 0 unspecified atom stereocenters. The molecule has 0 fully saturated rings. The lowest BCUT2D eigenvalue weighted by Gasteiger charge is -0.827. The van der Waals surface area contributed by atoms with Crippen molar-refractivity contribution >= 4 is 0 Å². The molecule has 140 valence electrons. The first-order chi connectivity index (χ1) is 1.00. The third-order valence-corrected chi connectivity index (χ3v) is 0. The zero-order valence-corrected chi connectivity index (χ0v) is 0.908.